The van der Waals surface area contributed by atoms with Gasteiger partial charge in [0.15, 0.2) is 0 Å². The van der Waals surface area contributed by atoms with Gasteiger partial charge in [0.25, 0.3) is 0 Å². The normalized spacial score (nSPS) is 11.2. The summed E-state index contributed by atoms with van der Waals surface area (Å²) in [6, 6.07) is 0. The third-order valence-electron chi connectivity index (χ3n) is 1.98. The fourth-order valence-corrected chi connectivity index (χ4v) is 0.752. The summed E-state index contributed by atoms with van der Waals surface area (Å²) in [6.07, 6.45) is 3.39. The van der Waals surface area contributed by atoms with Crippen molar-refractivity contribution in [3.05, 3.63) is 0 Å². The minimum Gasteiger partial charge on any atom is -0.460 e. The second-order valence-corrected chi connectivity index (χ2v) is 3.69. The highest BCUT2D eigenvalue weighted by molar-refractivity contribution is 6.08. The summed E-state index contributed by atoms with van der Waals surface area (Å²) < 4.78 is 5.25. The standard InChI is InChI=1S/C9H19BO2/c1-4-9(2,3)12-8(11)6-5-7-10/h4-7,10H2,1-3H3. The highest BCUT2D eigenvalue weighted by Crippen LogP contribution is 2.14. The third-order valence-corrected chi connectivity index (χ3v) is 1.98. The molecule has 2 nitrogen and oxygen atoms in total. The predicted molar refractivity (Wildman–Crippen MR) is 53.0 cm³/mol. The number of carbonyl (C=O) groups excluding carboxylic acids is 1. The Bertz CT molecular complexity index is 143. The topological polar surface area (TPSA) is 26.3 Å². The van der Waals surface area contributed by atoms with Crippen molar-refractivity contribution >= 4 is 13.8 Å². The molecule has 3 heteroatoms. The molecule has 0 spiro atoms. The van der Waals surface area contributed by atoms with E-state index in [-0.39, 0.29) is 11.6 Å². The van der Waals surface area contributed by atoms with Gasteiger partial charge in [0.2, 0.25) is 0 Å². The summed E-state index contributed by atoms with van der Waals surface area (Å²) in [5, 5.41) is 0. The molecule has 0 aliphatic heterocycles. The van der Waals surface area contributed by atoms with Gasteiger partial charge < -0.3 is 4.74 Å². The maximum atomic E-state index is 11.2. The molecule has 0 rings (SSSR count). The first-order valence-corrected chi connectivity index (χ1v) is 4.73. The lowest BCUT2D eigenvalue weighted by atomic mass is 10.0. The molecule has 0 bridgehead atoms. The first kappa shape index (κ1) is 11.5. The summed E-state index contributed by atoms with van der Waals surface area (Å²) >= 11 is 0. The number of hydrogen-bond donors (Lipinski definition) is 0. The smallest absolute Gasteiger partial charge is 0.306 e. The molecule has 0 fully saturated rings. The molecular formula is C9H19BO2. The van der Waals surface area contributed by atoms with Crippen LogP contribution in [0.1, 0.15) is 40.0 Å². The predicted octanol–water partition coefficient (Wildman–Crippen LogP) is 1.55. The van der Waals surface area contributed by atoms with Gasteiger partial charge in [-0.25, -0.2) is 0 Å². The monoisotopic (exact) mass is 170 g/mol. The van der Waals surface area contributed by atoms with Crippen molar-refractivity contribution in [3.63, 3.8) is 0 Å². The molecule has 0 aromatic heterocycles. The van der Waals surface area contributed by atoms with E-state index in [0.29, 0.717) is 6.42 Å². The van der Waals surface area contributed by atoms with Crippen molar-refractivity contribution in [2.24, 2.45) is 0 Å². The van der Waals surface area contributed by atoms with E-state index in [1.807, 2.05) is 20.8 Å². The van der Waals surface area contributed by atoms with Gasteiger partial charge in [0, 0.05) is 6.42 Å². The molecule has 0 radical (unpaired) electrons. The van der Waals surface area contributed by atoms with Gasteiger partial charge in [-0.15, -0.1) is 0 Å². The maximum absolute atomic E-state index is 11.2. The summed E-state index contributed by atoms with van der Waals surface area (Å²) in [4.78, 5) is 11.2. The van der Waals surface area contributed by atoms with Crippen LogP contribution in [0.4, 0.5) is 0 Å². The quantitative estimate of drug-likeness (QED) is 0.462. The maximum Gasteiger partial charge on any atom is 0.306 e. The zero-order valence-electron chi connectivity index (χ0n) is 8.64. The van der Waals surface area contributed by atoms with Crippen LogP contribution >= 0.6 is 0 Å². The van der Waals surface area contributed by atoms with E-state index < -0.39 is 0 Å². The van der Waals surface area contributed by atoms with Crippen LogP contribution in [-0.2, 0) is 9.53 Å². The van der Waals surface area contributed by atoms with E-state index in [2.05, 4.69) is 7.85 Å². The molecule has 0 N–H and O–H groups in total. The number of rotatable bonds is 5. The SMILES string of the molecule is BCCCC(=O)OC(C)(C)CC. The zero-order chi connectivity index (χ0) is 9.61. The number of ether oxygens (including phenoxy) is 1. The Hall–Kier alpha value is -0.465. The molecule has 0 saturated carbocycles. The van der Waals surface area contributed by atoms with Crippen LogP contribution in [0.5, 0.6) is 0 Å². The van der Waals surface area contributed by atoms with E-state index in [0.717, 1.165) is 19.2 Å². The number of esters is 1. The van der Waals surface area contributed by atoms with Gasteiger partial charge in [0.1, 0.15) is 13.4 Å². The molecule has 0 saturated heterocycles. The van der Waals surface area contributed by atoms with Gasteiger partial charge in [-0.2, -0.15) is 0 Å². The Kier molecular flexibility index (Phi) is 5.03. The first-order valence-electron chi connectivity index (χ1n) is 4.73. The lowest BCUT2D eigenvalue weighted by Crippen LogP contribution is -2.26. The lowest BCUT2D eigenvalue weighted by molar-refractivity contribution is -0.156. The molecule has 70 valence electrons. The van der Waals surface area contributed by atoms with Crippen molar-refractivity contribution in [1.29, 1.82) is 0 Å². The van der Waals surface area contributed by atoms with E-state index in [9.17, 15) is 4.79 Å². The van der Waals surface area contributed by atoms with Crippen molar-refractivity contribution in [2.75, 3.05) is 0 Å². The van der Waals surface area contributed by atoms with Crippen LogP contribution in [0.15, 0.2) is 0 Å². The van der Waals surface area contributed by atoms with Gasteiger partial charge in [-0.1, -0.05) is 13.2 Å². The second kappa shape index (κ2) is 5.23. The molecule has 0 aliphatic carbocycles. The molecule has 0 aliphatic rings. The zero-order valence-corrected chi connectivity index (χ0v) is 8.64. The fourth-order valence-electron chi connectivity index (χ4n) is 0.752. The van der Waals surface area contributed by atoms with E-state index in [1.54, 1.807) is 0 Å². The average Bonchev–Trinajstić information content (AvgIpc) is 2.00. The van der Waals surface area contributed by atoms with Crippen LogP contribution in [-0.4, -0.2) is 19.4 Å². The van der Waals surface area contributed by atoms with Gasteiger partial charge in [-0.3, -0.25) is 4.79 Å². The third kappa shape index (κ3) is 5.22. The minimum atomic E-state index is -0.287. The van der Waals surface area contributed by atoms with Crippen LogP contribution in [0.2, 0.25) is 6.32 Å². The Balaban J connectivity index is 3.68. The van der Waals surface area contributed by atoms with Crippen LogP contribution in [0.3, 0.4) is 0 Å². The highest BCUT2D eigenvalue weighted by atomic mass is 16.6. The molecule has 0 aromatic rings. The van der Waals surface area contributed by atoms with Gasteiger partial charge in [-0.05, 0) is 26.7 Å². The average molecular weight is 170 g/mol. The largest absolute Gasteiger partial charge is 0.460 e. The van der Waals surface area contributed by atoms with Crippen molar-refractivity contribution in [1.82, 2.24) is 0 Å². The minimum absolute atomic E-state index is 0.0660. The molecule has 0 unspecified atom stereocenters. The molecular weight excluding hydrogens is 151 g/mol. The summed E-state index contributed by atoms with van der Waals surface area (Å²) in [5.41, 5.74) is -0.287. The number of hydrogen-bond acceptors (Lipinski definition) is 2. The highest BCUT2D eigenvalue weighted by Gasteiger charge is 2.19. The van der Waals surface area contributed by atoms with Gasteiger partial charge in [0.05, 0.1) is 0 Å². The summed E-state index contributed by atoms with van der Waals surface area (Å²) in [7, 11) is 2.07. The molecule has 0 heterocycles. The molecule has 0 aromatic carbocycles. The lowest BCUT2D eigenvalue weighted by Gasteiger charge is -2.23. The van der Waals surface area contributed by atoms with E-state index >= 15 is 0 Å². The Morgan fingerprint density at radius 3 is 2.50 bits per heavy atom. The Morgan fingerprint density at radius 1 is 1.50 bits per heavy atom. The molecule has 0 amide bonds. The van der Waals surface area contributed by atoms with E-state index in [4.69, 9.17) is 4.74 Å². The molecule has 12 heavy (non-hydrogen) atoms. The number of carbonyl (C=O) groups is 1. The second-order valence-electron chi connectivity index (χ2n) is 3.69. The van der Waals surface area contributed by atoms with Crippen molar-refractivity contribution in [2.45, 2.75) is 52.0 Å². The molecule has 0 atom stereocenters. The fraction of sp³-hybridized carbons (Fsp3) is 0.889. The van der Waals surface area contributed by atoms with Crippen LogP contribution < -0.4 is 0 Å². The Labute approximate surface area is 76.1 Å². The van der Waals surface area contributed by atoms with E-state index in [1.165, 1.54) is 0 Å². The van der Waals surface area contributed by atoms with Crippen molar-refractivity contribution < 1.29 is 9.53 Å². The van der Waals surface area contributed by atoms with Gasteiger partial charge >= 0.3 is 5.97 Å². The van der Waals surface area contributed by atoms with Crippen LogP contribution in [0, 0.1) is 0 Å². The Morgan fingerprint density at radius 2 is 2.08 bits per heavy atom. The van der Waals surface area contributed by atoms with Crippen LogP contribution in [0.25, 0.3) is 0 Å². The van der Waals surface area contributed by atoms with Crippen molar-refractivity contribution in [3.8, 4) is 0 Å². The summed E-state index contributed by atoms with van der Waals surface area (Å²) in [6.45, 7) is 5.90. The summed E-state index contributed by atoms with van der Waals surface area (Å²) in [5.74, 6) is -0.0660. The first-order chi connectivity index (χ1) is 5.52.